The van der Waals surface area contributed by atoms with Crippen molar-refractivity contribution in [3.8, 4) is 5.69 Å². The Morgan fingerprint density at radius 2 is 1.91 bits per heavy atom. The molecule has 2 aromatic heterocycles. The van der Waals surface area contributed by atoms with Gasteiger partial charge >= 0.3 is 6.18 Å². The van der Waals surface area contributed by atoms with Crippen LogP contribution >= 0.6 is 0 Å². The van der Waals surface area contributed by atoms with Crippen molar-refractivity contribution in [2.45, 2.75) is 31.7 Å². The highest BCUT2D eigenvalue weighted by molar-refractivity contribution is 7.91. The highest BCUT2D eigenvalue weighted by atomic mass is 32.2. The molecule has 0 aromatic carbocycles. The van der Waals surface area contributed by atoms with Crippen molar-refractivity contribution >= 4 is 17.6 Å². The van der Waals surface area contributed by atoms with E-state index in [-0.39, 0.29) is 0 Å². The molecule has 0 bridgehead atoms. The van der Waals surface area contributed by atoms with E-state index in [0.29, 0.717) is 11.4 Å². The average molecular weight is 344 g/mol. The van der Waals surface area contributed by atoms with Gasteiger partial charge in [-0.1, -0.05) is 4.40 Å². The van der Waals surface area contributed by atoms with Gasteiger partial charge in [-0.2, -0.15) is 18.3 Å². The van der Waals surface area contributed by atoms with E-state index < -0.39 is 28.0 Å². The van der Waals surface area contributed by atoms with Crippen LogP contribution in [0.25, 0.3) is 5.69 Å². The van der Waals surface area contributed by atoms with E-state index in [1.54, 1.807) is 33.0 Å². The van der Waals surface area contributed by atoms with E-state index in [1.165, 1.54) is 17.0 Å². The summed E-state index contributed by atoms with van der Waals surface area (Å²) in [5.74, 6) is 0. The third-order valence-electron chi connectivity index (χ3n) is 2.72. The van der Waals surface area contributed by atoms with Crippen LogP contribution in [0.4, 0.5) is 13.2 Å². The van der Waals surface area contributed by atoms with E-state index in [1.807, 2.05) is 0 Å². The van der Waals surface area contributed by atoms with Gasteiger partial charge in [0.1, 0.15) is 33.7 Å². The van der Waals surface area contributed by atoms with Gasteiger partial charge in [0.15, 0.2) is 0 Å². The summed E-state index contributed by atoms with van der Waals surface area (Å²) in [6.07, 6.45) is -0.456. The predicted octanol–water partition coefficient (Wildman–Crippen LogP) is 3.17. The Morgan fingerprint density at radius 1 is 1.22 bits per heavy atom. The molecule has 1 unspecified atom stereocenters. The minimum absolute atomic E-state index is 0.384. The molecular weight excluding hydrogens is 329 g/mol. The minimum atomic E-state index is -4.47. The second-order valence-electron chi connectivity index (χ2n) is 5.68. The first kappa shape index (κ1) is 17.5. The van der Waals surface area contributed by atoms with Crippen molar-refractivity contribution in [3.63, 3.8) is 0 Å². The van der Waals surface area contributed by atoms with Crippen LogP contribution in [0.2, 0.25) is 0 Å². The second-order valence-corrected chi connectivity index (χ2v) is 7.61. The van der Waals surface area contributed by atoms with Crippen molar-refractivity contribution in [3.05, 3.63) is 42.0 Å². The fraction of sp³-hybridized carbons (Fsp3) is 0.357. The van der Waals surface area contributed by atoms with Crippen LogP contribution in [0.5, 0.6) is 0 Å². The molecular formula is C14H15F3N4OS. The lowest BCUT2D eigenvalue weighted by Crippen LogP contribution is -2.25. The molecule has 124 valence electrons. The van der Waals surface area contributed by atoms with Gasteiger partial charge < -0.3 is 4.55 Å². The van der Waals surface area contributed by atoms with Crippen molar-refractivity contribution in [2.75, 3.05) is 0 Å². The molecule has 9 heteroatoms. The summed E-state index contributed by atoms with van der Waals surface area (Å²) in [7, 11) is 0. The van der Waals surface area contributed by atoms with E-state index in [4.69, 9.17) is 0 Å². The number of nitrogens with zero attached hydrogens (tertiary/aromatic N) is 4. The summed E-state index contributed by atoms with van der Waals surface area (Å²) in [6.45, 7) is 5.40. The third kappa shape index (κ3) is 4.55. The zero-order valence-corrected chi connectivity index (χ0v) is 13.5. The molecule has 0 aliphatic carbocycles. The van der Waals surface area contributed by atoms with Gasteiger partial charge in [0.25, 0.3) is 0 Å². The molecule has 0 saturated carbocycles. The fourth-order valence-corrected chi connectivity index (χ4v) is 2.02. The molecule has 2 heterocycles. The first-order valence-corrected chi connectivity index (χ1v) is 7.73. The Labute approximate surface area is 134 Å². The van der Waals surface area contributed by atoms with E-state index in [2.05, 4.69) is 14.5 Å². The average Bonchev–Trinajstić information content (AvgIpc) is 2.91. The second kappa shape index (κ2) is 6.32. The fourth-order valence-electron chi connectivity index (χ4n) is 1.50. The van der Waals surface area contributed by atoms with Gasteiger partial charge in [-0.05, 0) is 39.0 Å². The molecule has 0 saturated heterocycles. The van der Waals surface area contributed by atoms with Crippen LogP contribution in [-0.2, 0) is 17.5 Å². The zero-order chi connectivity index (χ0) is 17.3. The molecule has 0 aliphatic heterocycles. The summed E-state index contributed by atoms with van der Waals surface area (Å²) < 4.78 is 54.0. The number of pyridine rings is 1. The summed E-state index contributed by atoms with van der Waals surface area (Å²) in [5.41, 5.74) is -0.132. The van der Waals surface area contributed by atoms with E-state index >= 15 is 0 Å². The lowest BCUT2D eigenvalue weighted by atomic mass is 10.3. The topological polar surface area (TPSA) is 66.1 Å². The largest absolute Gasteiger partial charge is 0.591 e. The molecule has 0 amide bonds. The Hall–Kier alpha value is -1.87. The highest BCUT2D eigenvalue weighted by Crippen LogP contribution is 2.27. The molecule has 1 atom stereocenters. The number of hydrogen-bond donors (Lipinski definition) is 0. The molecule has 2 rings (SSSR count). The van der Waals surface area contributed by atoms with Gasteiger partial charge in [0.05, 0.1) is 11.9 Å². The van der Waals surface area contributed by atoms with E-state index in [9.17, 15) is 17.7 Å². The maximum atomic E-state index is 12.5. The normalized spacial score (nSPS) is 14.4. The van der Waals surface area contributed by atoms with Gasteiger partial charge in [-0.25, -0.2) is 9.67 Å². The van der Waals surface area contributed by atoms with Gasteiger partial charge in [-0.15, -0.1) is 0 Å². The first-order chi connectivity index (χ1) is 10.6. The highest BCUT2D eigenvalue weighted by Gasteiger charge is 2.32. The van der Waals surface area contributed by atoms with Crippen LogP contribution in [0.3, 0.4) is 0 Å². The van der Waals surface area contributed by atoms with E-state index in [0.717, 1.165) is 12.3 Å². The van der Waals surface area contributed by atoms with Crippen molar-refractivity contribution in [2.24, 2.45) is 4.40 Å². The monoisotopic (exact) mass is 344 g/mol. The van der Waals surface area contributed by atoms with Gasteiger partial charge in [0, 0.05) is 6.20 Å². The van der Waals surface area contributed by atoms with Crippen LogP contribution in [0.1, 0.15) is 32.2 Å². The zero-order valence-electron chi connectivity index (χ0n) is 12.7. The summed E-state index contributed by atoms with van der Waals surface area (Å²) in [6, 6.07) is 3.78. The standard InChI is InChI=1S/C14H15F3N4OS/c1-13(2,3)23(22)19-8-10-6-7-21(20-10)11-4-5-12(18-9-11)14(15,16)17/h4-9H,1-3H3/b19-8+. The lowest BCUT2D eigenvalue weighted by Gasteiger charge is -2.17. The molecule has 0 spiro atoms. The smallest absolute Gasteiger partial charge is 0.433 e. The quantitative estimate of drug-likeness (QED) is 0.634. The first-order valence-electron chi connectivity index (χ1n) is 6.63. The van der Waals surface area contributed by atoms with Crippen LogP contribution in [0.15, 0.2) is 35.0 Å². The number of halogens is 3. The summed E-state index contributed by atoms with van der Waals surface area (Å²) in [4.78, 5) is 3.37. The van der Waals surface area contributed by atoms with Crippen molar-refractivity contribution in [1.82, 2.24) is 14.8 Å². The van der Waals surface area contributed by atoms with Crippen molar-refractivity contribution < 1.29 is 17.7 Å². The maximum absolute atomic E-state index is 12.5. The van der Waals surface area contributed by atoms with Gasteiger partial charge in [0.2, 0.25) is 0 Å². The third-order valence-corrected chi connectivity index (χ3v) is 4.06. The SMILES string of the molecule is CC(C)(C)[S+]([O-])/N=C/c1ccn(-c2ccc(C(F)(F)F)nc2)n1. The maximum Gasteiger partial charge on any atom is 0.433 e. The predicted molar refractivity (Wildman–Crippen MR) is 81.9 cm³/mol. The Morgan fingerprint density at radius 3 is 2.43 bits per heavy atom. The molecule has 0 aliphatic rings. The minimum Gasteiger partial charge on any atom is -0.591 e. The summed E-state index contributed by atoms with van der Waals surface area (Å²) in [5, 5.41) is 4.14. The van der Waals surface area contributed by atoms with Crippen LogP contribution in [-0.4, -0.2) is 30.3 Å². The number of rotatable bonds is 3. The number of alkyl halides is 3. The Bertz CT molecular complexity index is 689. The molecule has 0 N–H and O–H groups in total. The number of aromatic nitrogens is 3. The van der Waals surface area contributed by atoms with Crippen LogP contribution in [0, 0.1) is 0 Å². The Balaban J connectivity index is 2.15. The molecule has 0 radical (unpaired) electrons. The Kier molecular flexibility index (Phi) is 4.81. The number of hydrogen-bond acceptors (Lipinski definition) is 4. The van der Waals surface area contributed by atoms with Crippen LogP contribution < -0.4 is 0 Å². The molecule has 0 fully saturated rings. The lowest BCUT2D eigenvalue weighted by molar-refractivity contribution is -0.141. The molecule has 2 aromatic rings. The summed E-state index contributed by atoms with van der Waals surface area (Å²) >= 11 is -1.40. The van der Waals surface area contributed by atoms with Gasteiger partial charge in [-0.3, -0.25) is 0 Å². The molecule has 23 heavy (non-hydrogen) atoms. The van der Waals surface area contributed by atoms with Crippen molar-refractivity contribution in [1.29, 1.82) is 0 Å². The molecule has 5 nitrogen and oxygen atoms in total.